The average Bonchev–Trinajstić information content (AvgIpc) is 2.45. The van der Waals surface area contributed by atoms with Crippen LogP contribution >= 0.6 is 26.6 Å². The minimum atomic E-state index is -3.93. The van der Waals surface area contributed by atoms with Gasteiger partial charge < -0.3 is 9.47 Å². The van der Waals surface area contributed by atoms with E-state index in [4.69, 9.17) is 20.2 Å². The summed E-state index contributed by atoms with van der Waals surface area (Å²) >= 11 is 3.08. The van der Waals surface area contributed by atoms with Crippen molar-refractivity contribution >= 4 is 41.6 Å². The molecule has 0 N–H and O–H groups in total. The van der Waals surface area contributed by atoms with Crippen LogP contribution in [0.3, 0.4) is 0 Å². The highest BCUT2D eigenvalue weighted by Gasteiger charge is 2.20. The molecule has 0 spiro atoms. The number of carbonyl (C=O) groups excluding carboxylic acids is 1. The van der Waals surface area contributed by atoms with Gasteiger partial charge in [0.2, 0.25) is 0 Å². The molecule has 1 unspecified atom stereocenters. The first kappa shape index (κ1) is 16.7. The van der Waals surface area contributed by atoms with Crippen molar-refractivity contribution < 1.29 is 22.7 Å². The van der Waals surface area contributed by atoms with Gasteiger partial charge in [0.1, 0.15) is 6.61 Å². The molecular formula is C13H14BrClO5S. The highest BCUT2D eigenvalue weighted by molar-refractivity contribution is 9.10. The van der Waals surface area contributed by atoms with E-state index in [1.807, 2.05) is 0 Å². The molecule has 1 atom stereocenters. The third-order valence-corrected chi connectivity index (χ3v) is 5.42. The molecule has 1 saturated heterocycles. The van der Waals surface area contributed by atoms with Gasteiger partial charge in [0.05, 0.1) is 16.6 Å². The molecule has 116 valence electrons. The van der Waals surface area contributed by atoms with Crippen LogP contribution in [0.5, 0.6) is 0 Å². The van der Waals surface area contributed by atoms with E-state index in [1.165, 1.54) is 18.2 Å². The maximum atomic E-state index is 11.9. The topological polar surface area (TPSA) is 69.7 Å². The molecule has 0 bridgehead atoms. The second kappa shape index (κ2) is 7.09. The number of rotatable bonds is 4. The third-order valence-electron chi connectivity index (χ3n) is 3.10. The molecule has 1 fully saturated rings. The Kier molecular flexibility index (Phi) is 5.65. The SMILES string of the molecule is O=C(OCC1CCCCO1)c1ccc(Br)c(S(=O)(=O)Cl)c1. The fourth-order valence-electron chi connectivity index (χ4n) is 2.01. The van der Waals surface area contributed by atoms with E-state index in [2.05, 4.69) is 15.9 Å². The lowest BCUT2D eigenvalue weighted by atomic mass is 10.1. The number of ether oxygens (including phenoxy) is 2. The fraction of sp³-hybridized carbons (Fsp3) is 0.462. The van der Waals surface area contributed by atoms with E-state index < -0.39 is 15.0 Å². The maximum Gasteiger partial charge on any atom is 0.338 e. The van der Waals surface area contributed by atoms with Crippen molar-refractivity contribution in [2.45, 2.75) is 30.3 Å². The predicted molar refractivity (Wildman–Crippen MR) is 81.1 cm³/mol. The Hall–Kier alpha value is -0.630. The third kappa shape index (κ3) is 4.67. The molecule has 1 aliphatic rings. The van der Waals surface area contributed by atoms with Crippen LogP contribution < -0.4 is 0 Å². The first-order chi connectivity index (χ1) is 9.88. The van der Waals surface area contributed by atoms with Gasteiger partial charge in [-0.05, 0) is 53.4 Å². The Labute approximate surface area is 136 Å². The molecule has 0 aliphatic carbocycles. The number of esters is 1. The minimum absolute atomic E-state index is 0.0885. The van der Waals surface area contributed by atoms with E-state index in [1.54, 1.807) is 0 Å². The van der Waals surface area contributed by atoms with Gasteiger partial charge in [0, 0.05) is 21.8 Å². The molecule has 2 rings (SSSR count). The standard InChI is InChI=1S/C13H14BrClO5S/c14-11-5-4-9(7-12(11)21(15,17)18)13(16)20-8-10-3-1-2-6-19-10/h4-5,7,10H,1-3,6,8H2. The number of halogens is 2. The highest BCUT2D eigenvalue weighted by atomic mass is 79.9. The maximum absolute atomic E-state index is 11.9. The molecule has 0 aromatic heterocycles. The molecule has 1 aliphatic heterocycles. The monoisotopic (exact) mass is 396 g/mol. The van der Waals surface area contributed by atoms with Gasteiger partial charge in [0.15, 0.2) is 0 Å². The van der Waals surface area contributed by atoms with Crippen LogP contribution in [0.25, 0.3) is 0 Å². The Balaban J connectivity index is 2.05. The zero-order valence-electron chi connectivity index (χ0n) is 11.1. The van der Waals surface area contributed by atoms with Crippen molar-refractivity contribution in [1.29, 1.82) is 0 Å². The Bertz CT molecular complexity index is 625. The largest absolute Gasteiger partial charge is 0.459 e. The summed E-state index contributed by atoms with van der Waals surface area (Å²) in [5.41, 5.74) is 0.133. The van der Waals surface area contributed by atoms with Crippen LogP contribution in [-0.4, -0.2) is 33.7 Å². The van der Waals surface area contributed by atoms with Crippen LogP contribution in [0, 0.1) is 0 Å². The van der Waals surface area contributed by atoms with Gasteiger partial charge >= 0.3 is 5.97 Å². The van der Waals surface area contributed by atoms with Crippen LogP contribution in [0.4, 0.5) is 0 Å². The van der Waals surface area contributed by atoms with Gasteiger partial charge in [-0.15, -0.1) is 0 Å². The smallest absolute Gasteiger partial charge is 0.338 e. The summed E-state index contributed by atoms with van der Waals surface area (Å²) in [4.78, 5) is 11.8. The van der Waals surface area contributed by atoms with Crippen molar-refractivity contribution in [3.63, 3.8) is 0 Å². The first-order valence-corrected chi connectivity index (χ1v) is 9.51. The Morgan fingerprint density at radius 3 is 2.81 bits per heavy atom. The molecule has 1 heterocycles. The average molecular weight is 398 g/mol. The number of carbonyl (C=O) groups is 1. The summed E-state index contributed by atoms with van der Waals surface area (Å²) in [6, 6.07) is 4.11. The summed E-state index contributed by atoms with van der Waals surface area (Å²) in [6.07, 6.45) is 2.84. The van der Waals surface area contributed by atoms with Crippen LogP contribution in [0.2, 0.25) is 0 Å². The summed E-state index contributed by atoms with van der Waals surface area (Å²) in [5, 5.41) is 0. The van der Waals surface area contributed by atoms with Crippen LogP contribution in [0.1, 0.15) is 29.6 Å². The van der Waals surface area contributed by atoms with Crippen molar-refractivity contribution in [1.82, 2.24) is 0 Å². The number of hydrogen-bond donors (Lipinski definition) is 0. The van der Waals surface area contributed by atoms with E-state index in [-0.39, 0.29) is 23.2 Å². The zero-order chi connectivity index (χ0) is 15.5. The van der Waals surface area contributed by atoms with Crippen molar-refractivity contribution in [3.05, 3.63) is 28.2 Å². The first-order valence-electron chi connectivity index (χ1n) is 6.41. The van der Waals surface area contributed by atoms with Gasteiger partial charge in [-0.1, -0.05) is 0 Å². The predicted octanol–water partition coefficient (Wildman–Crippen LogP) is 3.10. The molecule has 1 aromatic carbocycles. The fourth-order valence-corrected chi connectivity index (χ4v) is 4.13. The summed E-state index contributed by atoms with van der Waals surface area (Å²) < 4.78 is 33.7. The number of hydrogen-bond acceptors (Lipinski definition) is 5. The molecule has 0 amide bonds. The van der Waals surface area contributed by atoms with Gasteiger partial charge in [-0.25, -0.2) is 13.2 Å². The van der Waals surface area contributed by atoms with Gasteiger partial charge in [-0.3, -0.25) is 0 Å². The second-order valence-corrected chi connectivity index (χ2v) is 8.06. The van der Waals surface area contributed by atoms with Gasteiger partial charge in [0.25, 0.3) is 9.05 Å². The Morgan fingerprint density at radius 1 is 1.43 bits per heavy atom. The molecule has 5 nitrogen and oxygen atoms in total. The highest BCUT2D eigenvalue weighted by Crippen LogP contribution is 2.26. The van der Waals surface area contributed by atoms with Crippen molar-refractivity contribution in [2.24, 2.45) is 0 Å². The van der Waals surface area contributed by atoms with E-state index in [0.717, 1.165) is 19.3 Å². The lowest BCUT2D eigenvalue weighted by molar-refractivity contribution is -0.0300. The van der Waals surface area contributed by atoms with E-state index in [9.17, 15) is 13.2 Å². The summed E-state index contributed by atoms with van der Waals surface area (Å²) in [7, 11) is 1.38. The normalized spacial score (nSPS) is 19.2. The molecule has 21 heavy (non-hydrogen) atoms. The number of benzene rings is 1. The Morgan fingerprint density at radius 2 is 2.19 bits per heavy atom. The zero-order valence-corrected chi connectivity index (χ0v) is 14.2. The quantitative estimate of drug-likeness (QED) is 0.577. The van der Waals surface area contributed by atoms with E-state index in [0.29, 0.717) is 11.1 Å². The van der Waals surface area contributed by atoms with Gasteiger partial charge in [-0.2, -0.15) is 0 Å². The molecule has 0 radical (unpaired) electrons. The van der Waals surface area contributed by atoms with Crippen molar-refractivity contribution in [2.75, 3.05) is 13.2 Å². The summed E-state index contributed by atoms with van der Waals surface area (Å²) in [6.45, 7) is 0.840. The second-order valence-electron chi connectivity index (χ2n) is 4.67. The van der Waals surface area contributed by atoms with Crippen molar-refractivity contribution in [3.8, 4) is 0 Å². The molecular weight excluding hydrogens is 384 g/mol. The van der Waals surface area contributed by atoms with Crippen LogP contribution in [-0.2, 0) is 18.5 Å². The van der Waals surface area contributed by atoms with Crippen LogP contribution in [0.15, 0.2) is 27.6 Å². The summed E-state index contributed by atoms with van der Waals surface area (Å²) in [5.74, 6) is -0.599. The van der Waals surface area contributed by atoms with E-state index >= 15 is 0 Å². The minimum Gasteiger partial charge on any atom is -0.459 e. The lowest BCUT2D eigenvalue weighted by Gasteiger charge is -2.22. The molecule has 1 aromatic rings. The molecule has 8 heteroatoms. The molecule has 0 saturated carbocycles. The lowest BCUT2D eigenvalue weighted by Crippen LogP contribution is -2.26.